The van der Waals surface area contributed by atoms with Crippen molar-refractivity contribution in [1.29, 1.82) is 0 Å². The van der Waals surface area contributed by atoms with Gasteiger partial charge in [-0.3, -0.25) is 9.59 Å². The molecule has 1 saturated carbocycles. The molecule has 0 radical (unpaired) electrons. The molecule has 4 rings (SSSR count). The Bertz CT molecular complexity index is 1070. The number of hydrogen-bond acceptors (Lipinski definition) is 3. The molecular formula is C25H24N2O3. The van der Waals surface area contributed by atoms with Gasteiger partial charge in [-0.05, 0) is 61.7 Å². The fourth-order valence-corrected chi connectivity index (χ4v) is 3.16. The number of hydrogen-bond donors (Lipinski definition) is 2. The maximum atomic E-state index is 12.7. The first-order valence-electron chi connectivity index (χ1n) is 10.1. The number of amides is 2. The van der Waals surface area contributed by atoms with Gasteiger partial charge in [0, 0.05) is 22.9 Å². The molecule has 30 heavy (non-hydrogen) atoms. The fourth-order valence-electron chi connectivity index (χ4n) is 3.16. The van der Waals surface area contributed by atoms with Crippen LogP contribution >= 0.6 is 0 Å². The van der Waals surface area contributed by atoms with E-state index in [-0.39, 0.29) is 17.7 Å². The average Bonchev–Trinajstić information content (AvgIpc) is 3.58. The van der Waals surface area contributed by atoms with Crippen molar-refractivity contribution in [2.45, 2.75) is 26.4 Å². The Morgan fingerprint density at radius 1 is 0.900 bits per heavy atom. The number of nitrogens with one attached hydrogen (secondary N) is 2. The summed E-state index contributed by atoms with van der Waals surface area (Å²) in [5.41, 5.74) is 4.07. The Morgan fingerprint density at radius 3 is 2.40 bits per heavy atom. The van der Waals surface area contributed by atoms with Crippen LogP contribution in [0.4, 0.5) is 11.4 Å². The lowest BCUT2D eigenvalue weighted by atomic mass is 10.1. The molecule has 3 aromatic carbocycles. The molecule has 0 saturated heterocycles. The molecule has 0 aromatic heterocycles. The van der Waals surface area contributed by atoms with Crippen LogP contribution in [0.15, 0.2) is 72.8 Å². The molecule has 1 aliphatic rings. The molecule has 0 atom stereocenters. The van der Waals surface area contributed by atoms with E-state index < -0.39 is 0 Å². The van der Waals surface area contributed by atoms with Gasteiger partial charge in [0.15, 0.2) is 0 Å². The zero-order valence-corrected chi connectivity index (χ0v) is 16.9. The molecule has 152 valence electrons. The number of carbonyl (C=O) groups excluding carboxylic acids is 2. The molecule has 0 aliphatic heterocycles. The van der Waals surface area contributed by atoms with Gasteiger partial charge >= 0.3 is 0 Å². The lowest BCUT2D eigenvalue weighted by Gasteiger charge is -2.10. The number of carbonyl (C=O) groups is 2. The highest BCUT2D eigenvalue weighted by molar-refractivity contribution is 6.05. The summed E-state index contributed by atoms with van der Waals surface area (Å²) in [5, 5.41) is 5.77. The average molecular weight is 400 g/mol. The van der Waals surface area contributed by atoms with Crippen molar-refractivity contribution in [2.24, 2.45) is 5.92 Å². The molecule has 3 aromatic rings. The Labute approximate surface area is 176 Å². The number of ether oxygens (including phenoxy) is 1. The topological polar surface area (TPSA) is 67.4 Å². The van der Waals surface area contributed by atoms with E-state index in [4.69, 9.17) is 4.74 Å². The number of benzene rings is 3. The summed E-state index contributed by atoms with van der Waals surface area (Å²) in [6.07, 6.45) is 1.90. The summed E-state index contributed by atoms with van der Waals surface area (Å²) in [6.45, 7) is 2.48. The van der Waals surface area contributed by atoms with Gasteiger partial charge in [-0.15, -0.1) is 0 Å². The Balaban J connectivity index is 1.38. The molecule has 5 heteroatoms. The third kappa shape index (κ3) is 5.26. The molecule has 0 heterocycles. The maximum Gasteiger partial charge on any atom is 0.255 e. The first kappa shape index (κ1) is 19.7. The summed E-state index contributed by atoms with van der Waals surface area (Å²) in [6, 6.07) is 22.4. The second-order valence-corrected chi connectivity index (χ2v) is 7.60. The zero-order chi connectivity index (χ0) is 20.9. The third-order valence-electron chi connectivity index (χ3n) is 4.92. The minimum absolute atomic E-state index is 0.0388. The van der Waals surface area contributed by atoms with Crippen LogP contribution in [0.1, 0.15) is 34.3 Å². The van der Waals surface area contributed by atoms with E-state index in [2.05, 4.69) is 16.7 Å². The van der Waals surface area contributed by atoms with Crippen LogP contribution in [0.2, 0.25) is 0 Å². The second-order valence-electron chi connectivity index (χ2n) is 7.60. The number of aryl methyl sites for hydroxylation is 1. The van der Waals surface area contributed by atoms with Crippen molar-refractivity contribution in [3.63, 3.8) is 0 Å². The largest absolute Gasteiger partial charge is 0.489 e. The van der Waals surface area contributed by atoms with E-state index in [1.807, 2.05) is 37.3 Å². The van der Waals surface area contributed by atoms with Gasteiger partial charge in [0.05, 0.1) is 0 Å². The third-order valence-corrected chi connectivity index (χ3v) is 4.92. The van der Waals surface area contributed by atoms with E-state index in [0.717, 1.165) is 18.4 Å². The monoisotopic (exact) mass is 400 g/mol. The minimum Gasteiger partial charge on any atom is -0.489 e. The molecule has 0 unspecified atom stereocenters. The van der Waals surface area contributed by atoms with Crippen LogP contribution in [0.3, 0.4) is 0 Å². The van der Waals surface area contributed by atoms with Crippen LogP contribution in [-0.4, -0.2) is 11.8 Å². The Morgan fingerprint density at radius 2 is 1.63 bits per heavy atom. The lowest BCUT2D eigenvalue weighted by Crippen LogP contribution is -2.14. The quantitative estimate of drug-likeness (QED) is 0.575. The van der Waals surface area contributed by atoms with Crippen LogP contribution in [0, 0.1) is 12.8 Å². The van der Waals surface area contributed by atoms with Crippen molar-refractivity contribution < 1.29 is 14.3 Å². The van der Waals surface area contributed by atoms with Gasteiger partial charge in [-0.2, -0.15) is 0 Å². The van der Waals surface area contributed by atoms with Crippen molar-refractivity contribution >= 4 is 23.2 Å². The van der Waals surface area contributed by atoms with Gasteiger partial charge in [0.25, 0.3) is 5.91 Å². The van der Waals surface area contributed by atoms with Gasteiger partial charge in [0.2, 0.25) is 5.91 Å². The summed E-state index contributed by atoms with van der Waals surface area (Å²) >= 11 is 0. The molecule has 1 fully saturated rings. The van der Waals surface area contributed by atoms with E-state index in [1.165, 1.54) is 5.56 Å². The molecule has 0 spiro atoms. The van der Waals surface area contributed by atoms with Crippen molar-refractivity contribution in [3.05, 3.63) is 89.5 Å². The predicted octanol–water partition coefficient (Wildman–Crippen LogP) is 5.17. The molecular weight excluding hydrogens is 376 g/mol. The first-order chi connectivity index (χ1) is 14.6. The van der Waals surface area contributed by atoms with E-state index in [1.54, 1.807) is 36.4 Å². The maximum absolute atomic E-state index is 12.7. The first-order valence-corrected chi connectivity index (χ1v) is 10.1. The normalized spacial score (nSPS) is 12.8. The van der Waals surface area contributed by atoms with E-state index in [0.29, 0.717) is 29.3 Å². The van der Waals surface area contributed by atoms with Gasteiger partial charge < -0.3 is 15.4 Å². The standard InChI is InChI=1S/C25H24N2O3/c1-17-5-2-6-18(13-17)16-30-23-10-3-7-20(14-23)25(29)27-22-9-4-8-21(15-22)26-24(28)19-11-12-19/h2-10,13-15,19H,11-12,16H2,1H3,(H,26,28)(H,27,29). The molecule has 5 nitrogen and oxygen atoms in total. The summed E-state index contributed by atoms with van der Waals surface area (Å²) in [5.74, 6) is 0.569. The highest BCUT2D eigenvalue weighted by atomic mass is 16.5. The fraction of sp³-hybridized carbons (Fsp3) is 0.200. The van der Waals surface area contributed by atoms with E-state index >= 15 is 0 Å². The number of anilines is 2. The highest BCUT2D eigenvalue weighted by Crippen LogP contribution is 2.30. The van der Waals surface area contributed by atoms with Gasteiger partial charge in [0.1, 0.15) is 12.4 Å². The zero-order valence-electron chi connectivity index (χ0n) is 16.9. The van der Waals surface area contributed by atoms with Crippen molar-refractivity contribution in [3.8, 4) is 5.75 Å². The molecule has 2 amide bonds. The van der Waals surface area contributed by atoms with Gasteiger partial charge in [-0.25, -0.2) is 0 Å². The molecule has 2 N–H and O–H groups in total. The highest BCUT2D eigenvalue weighted by Gasteiger charge is 2.29. The smallest absolute Gasteiger partial charge is 0.255 e. The van der Waals surface area contributed by atoms with E-state index in [9.17, 15) is 9.59 Å². The van der Waals surface area contributed by atoms with Crippen LogP contribution in [-0.2, 0) is 11.4 Å². The molecule has 1 aliphatic carbocycles. The molecule has 0 bridgehead atoms. The minimum atomic E-state index is -0.235. The summed E-state index contributed by atoms with van der Waals surface area (Å²) < 4.78 is 5.85. The Hall–Kier alpha value is -3.60. The van der Waals surface area contributed by atoms with Crippen LogP contribution in [0.5, 0.6) is 5.75 Å². The Kier molecular flexibility index (Phi) is 5.80. The SMILES string of the molecule is Cc1cccc(COc2cccc(C(=O)Nc3cccc(NC(=O)C4CC4)c3)c2)c1. The second kappa shape index (κ2) is 8.82. The van der Waals surface area contributed by atoms with Crippen molar-refractivity contribution in [2.75, 3.05) is 10.6 Å². The predicted molar refractivity (Wildman–Crippen MR) is 118 cm³/mol. The lowest BCUT2D eigenvalue weighted by molar-refractivity contribution is -0.117. The number of rotatable bonds is 7. The van der Waals surface area contributed by atoms with Crippen molar-refractivity contribution in [1.82, 2.24) is 0 Å². The van der Waals surface area contributed by atoms with Crippen LogP contribution in [0.25, 0.3) is 0 Å². The van der Waals surface area contributed by atoms with Gasteiger partial charge in [-0.1, -0.05) is 42.0 Å². The van der Waals surface area contributed by atoms with Crippen LogP contribution < -0.4 is 15.4 Å². The summed E-state index contributed by atoms with van der Waals surface area (Å²) in [7, 11) is 0. The summed E-state index contributed by atoms with van der Waals surface area (Å²) in [4.78, 5) is 24.6.